The predicted octanol–water partition coefficient (Wildman–Crippen LogP) is 3.92. The lowest BCUT2D eigenvalue weighted by Crippen LogP contribution is -2.35. The topological polar surface area (TPSA) is 207 Å². The van der Waals surface area contributed by atoms with Gasteiger partial charge in [0.15, 0.2) is 0 Å². The molecule has 0 fully saturated rings. The molecule has 0 saturated heterocycles. The van der Waals surface area contributed by atoms with E-state index >= 15 is 0 Å². The van der Waals surface area contributed by atoms with Crippen molar-refractivity contribution in [2.45, 2.75) is 26.9 Å². The molecular weight excluding hydrogens is 749 g/mol. The number of rotatable bonds is 12. The number of nitrogens with one attached hydrogen (secondary N) is 1. The van der Waals surface area contributed by atoms with E-state index in [9.17, 15) is 16.8 Å². The Morgan fingerprint density at radius 1 is 0.618 bits per heavy atom. The maximum Gasteiger partial charge on any atom is 0.335 e. The number of hydrogen-bond acceptors (Lipinski definition) is 14. The molecule has 0 aliphatic rings. The maximum atomic E-state index is 13.0. The summed E-state index contributed by atoms with van der Waals surface area (Å²) in [5, 5.41) is 3.25. The van der Waals surface area contributed by atoms with Crippen molar-refractivity contribution in [3.05, 3.63) is 152 Å². The number of hydrogen-bond donors (Lipinski definition) is 1. The molecule has 5 heterocycles. The quantitative estimate of drug-likeness (QED) is 0.186. The van der Waals surface area contributed by atoms with Crippen molar-refractivity contribution in [3.63, 3.8) is 0 Å². The molecule has 0 aliphatic heterocycles. The van der Waals surface area contributed by atoms with Crippen LogP contribution in [0.15, 0.2) is 129 Å². The van der Waals surface area contributed by atoms with Crippen LogP contribution in [-0.2, 0) is 33.5 Å². The van der Waals surface area contributed by atoms with Gasteiger partial charge < -0.3 is 14.8 Å². The Morgan fingerprint density at radius 2 is 1.11 bits per heavy atom. The first kappa shape index (κ1) is 39.5. The van der Waals surface area contributed by atoms with E-state index in [1.165, 1.54) is 72.2 Å². The maximum absolute atomic E-state index is 13.0. The fourth-order valence-electron chi connectivity index (χ4n) is 4.62. The molecule has 0 saturated carbocycles. The number of anilines is 2. The molecule has 20 heteroatoms. The summed E-state index contributed by atoms with van der Waals surface area (Å²) in [6, 6.07) is 18.5. The minimum absolute atomic E-state index is 0.112. The van der Waals surface area contributed by atoms with Crippen LogP contribution in [0.5, 0.6) is 11.5 Å². The number of ether oxygens (including phenoxy) is 2. The summed E-state index contributed by atoms with van der Waals surface area (Å²) in [5.74, 6) is 3.95. The molecule has 0 aliphatic carbocycles. The van der Waals surface area contributed by atoms with E-state index in [2.05, 4.69) is 40.2 Å². The molecule has 0 radical (unpaired) electrons. The van der Waals surface area contributed by atoms with E-state index in [-0.39, 0.29) is 12.4 Å². The van der Waals surface area contributed by atoms with Gasteiger partial charge in [0.25, 0.3) is 0 Å². The zero-order valence-corrected chi connectivity index (χ0v) is 31.9. The van der Waals surface area contributed by atoms with Crippen LogP contribution in [0.4, 0.5) is 11.6 Å². The monoisotopic (exact) mass is 786 g/mol. The van der Waals surface area contributed by atoms with Gasteiger partial charge in [-0.1, -0.05) is 24.3 Å². The van der Waals surface area contributed by atoms with E-state index in [1.54, 1.807) is 45.5 Å². The number of methoxy groups -OCH3 is 2. The van der Waals surface area contributed by atoms with Gasteiger partial charge in [-0.25, -0.2) is 51.1 Å². The highest BCUT2D eigenvalue weighted by Crippen LogP contribution is 2.21. The Morgan fingerprint density at radius 3 is 1.58 bits per heavy atom. The van der Waals surface area contributed by atoms with Gasteiger partial charge >= 0.3 is 20.4 Å². The summed E-state index contributed by atoms with van der Waals surface area (Å²) in [5.41, 5.74) is 1.97. The third-order valence-corrected chi connectivity index (χ3v) is 10.5. The van der Waals surface area contributed by atoms with Gasteiger partial charge in [-0.3, -0.25) is 0 Å². The largest absolute Gasteiger partial charge is 0.497 e. The first-order chi connectivity index (χ1) is 26.5. The Kier molecular flexibility index (Phi) is 13.2. The molecule has 0 spiro atoms. The molecule has 18 nitrogen and oxygen atoms in total. The van der Waals surface area contributed by atoms with Crippen molar-refractivity contribution >= 4 is 32.1 Å². The normalized spacial score (nSPS) is 11.0. The molecule has 0 atom stereocenters. The lowest BCUT2D eigenvalue weighted by Gasteiger charge is -2.23. The predicted molar refractivity (Wildman–Crippen MR) is 204 cm³/mol. The summed E-state index contributed by atoms with van der Waals surface area (Å²) >= 11 is 0. The summed E-state index contributed by atoms with van der Waals surface area (Å²) in [6.07, 6.45) is 15.3. The number of imidazole rings is 3. The van der Waals surface area contributed by atoms with Gasteiger partial charge in [-0.2, -0.15) is 16.8 Å². The van der Waals surface area contributed by atoms with E-state index in [0.717, 1.165) is 41.4 Å². The third-order valence-electron chi connectivity index (χ3n) is 7.43. The molecule has 0 unspecified atom stereocenters. The highest BCUT2D eigenvalue weighted by molar-refractivity contribution is 7.91. The van der Waals surface area contributed by atoms with Crippen LogP contribution in [0.25, 0.3) is 0 Å². The van der Waals surface area contributed by atoms with Crippen LogP contribution in [-0.4, -0.2) is 77.9 Å². The minimum atomic E-state index is -3.88. The van der Waals surface area contributed by atoms with Crippen molar-refractivity contribution in [1.82, 2.24) is 46.8 Å². The molecule has 0 amide bonds. The lowest BCUT2D eigenvalue weighted by atomic mass is 10.2. The second kappa shape index (κ2) is 18.4. The average Bonchev–Trinajstić information content (AvgIpc) is 4.03. The highest BCUT2D eigenvalue weighted by atomic mass is 32.2. The van der Waals surface area contributed by atoms with Gasteiger partial charge in [0.1, 0.15) is 53.8 Å². The van der Waals surface area contributed by atoms with E-state index in [1.807, 2.05) is 49.4 Å². The van der Waals surface area contributed by atoms with E-state index in [0.29, 0.717) is 11.6 Å². The lowest BCUT2D eigenvalue weighted by molar-refractivity contribution is 0.414. The number of nitrogens with zero attached hydrogens (tertiary/aromatic N) is 11. The Hall–Kier alpha value is -6.67. The van der Waals surface area contributed by atoms with Gasteiger partial charge in [-0.05, 0) is 55.3 Å². The Balaban J connectivity index is 0.000000168. The summed E-state index contributed by atoms with van der Waals surface area (Å²) < 4.78 is 63.7. The van der Waals surface area contributed by atoms with Crippen molar-refractivity contribution in [3.8, 4) is 11.5 Å². The molecule has 7 rings (SSSR count). The fraction of sp³-hybridized carbons (Fsp3) is 0.171. The number of aromatic nitrogens is 10. The molecular formula is C35H38N12O6S2. The first-order valence-electron chi connectivity index (χ1n) is 16.3. The second-order valence-corrected chi connectivity index (χ2v) is 14.7. The van der Waals surface area contributed by atoms with E-state index < -0.39 is 20.4 Å². The van der Waals surface area contributed by atoms with Crippen LogP contribution in [0.1, 0.15) is 22.8 Å². The van der Waals surface area contributed by atoms with Crippen LogP contribution < -0.4 is 19.1 Å². The summed E-state index contributed by atoms with van der Waals surface area (Å²) in [4.78, 5) is 27.7. The Labute approximate surface area is 318 Å². The SMILES string of the molecule is COc1ccc(CN(c2ccnc(C)n2)S(=O)(=O)n2ccnc2)cc1.COc1ccc(CNc2ccnc(C)n2)cc1.O=S(=O)(n1ccnc1)n1ccnc1. The fourth-order valence-corrected chi connectivity index (χ4v) is 6.86. The zero-order chi connectivity index (χ0) is 39.3. The molecule has 5 aromatic heterocycles. The number of aryl methyl sites for hydroxylation is 2. The first-order valence-corrected chi connectivity index (χ1v) is 19.1. The highest BCUT2D eigenvalue weighted by Gasteiger charge is 2.26. The number of benzene rings is 2. The summed E-state index contributed by atoms with van der Waals surface area (Å²) in [6.45, 7) is 4.43. The van der Waals surface area contributed by atoms with Gasteiger partial charge in [-0.15, -0.1) is 0 Å². The van der Waals surface area contributed by atoms with Crippen molar-refractivity contribution in [1.29, 1.82) is 0 Å². The third kappa shape index (κ3) is 10.7. The van der Waals surface area contributed by atoms with Crippen molar-refractivity contribution < 1.29 is 26.3 Å². The summed E-state index contributed by atoms with van der Waals surface area (Å²) in [7, 11) is -4.18. The molecule has 2 aromatic carbocycles. The van der Waals surface area contributed by atoms with Crippen LogP contribution in [0.3, 0.4) is 0 Å². The molecule has 55 heavy (non-hydrogen) atoms. The average molecular weight is 787 g/mol. The molecule has 1 N–H and O–H groups in total. The molecule has 7 aromatic rings. The van der Waals surface area contributed by atoms with Crippen LogP contribution in [0, 0.1) is 13.8 Å². The van der Waals surface area contributed by atoms with Crippen molar-refractivity contribution in [2.24, 2.45) is 0 Å². The van der Waals surface area contributed by atoms with Crippen LogP contribution >= 0.6 is 0 Å². The molecule has 0 bridgehead atoms. The standard InChI is InChI=1S/C16H17N5O3S.C13H15N3O.C6H6N4O2S/c1-13-18-8-7-16(19-13)21(25(22,23)20-10-9-17-12-20)11-14-3-5-15(24-2)6-4-14;1-10-14-8-7-13(16-10)15-9-11-3-5-12(17-2)6-4-11;11-13(12,9-3-1-7-5-9)10-4-2-8-6-10/h3-10,12H,11H2,1-2H3;3-8H,9H2,1-2H3,(H,14,15,16);1-6H. The minimum Gasteiger partial charge on any atom is -0.497 e. The van der Waals surface area contributed by atoms with Crippen LogP contribution in [0.2, 0.25) is 0 Å². The van der Waals surface area contributed by atoms with Gasteiger partial charge in [0.05, 0.1) is 20.8 Å². The van der Waals surface area contributed by atoms with Crippen molar-refractivity contribution in [2.75, 3.05) is 23.8 Å². The Bertz CT molecular complexity index is 2390. The molecule has 286 valence electrons. The smallest absolute Gasteiger partial charge is 0.335 e. The van der Waals surface area contributed by atoms with E-state index in [4.69, 9.17) is 9.47 Å². The van der Waals surface area contributed by atoms with Gasteiger partial charge in [0.2, 0.25) is 0 Å². The van der Waals surface area contributed by atoms with Gasteiger partial charge in [0, 0.05) is 62.2 Å². The zero-order valence-electron chi connectivity index (χ0n) is 30.2. The second-order valence-electron chi connectivity index (χ2n) is 11.2.